The second kappa shape index (κ2) is 24.3. The monoisotopic (exact) mass is 1030 g/mol. The number of unbranched alkanes of at least 4 members (excludes halogenated alkanes) is 3. The predicted octanol–water partition coefficient (Wildman–Crippen LogP) is 6.77. The summed E-state index contributed by atoms with van der Waals surface area (Å²) in [6, 6.07) is 15.7. The summed E-state index contributed by atoms with van der Waals surface area (Å²) in [6.07, 6.45) is 10.9. The first-order valence-corrected chi connectivity index (χ1v) is 26.1. The van der Waals surface area contributed by atoms with Gasteiger partial charge in [-0.2, -0.15) is 10.4 Å². The maximum absolute atomic E-state index is 15.0. The number of carbonyl (C=O) groups excluding carboxylic acids is 5. The summed E-state index contributed by atoms with van der Waals surface area (Å²) < 4.78 is 36.8. The number of ether oxygens (including phenoxy) is 1. The number of likely N-dealkylation sites (N-methyl/N-ethyl adjacent to an activating group) is 1. The molecule has 0 aliphatic carbocycles. The summed E-state index contributed by atoms with van der Waals surface area (Å²) in [7, 11) is 1.53. The van der Waals surface area contributed by atoms with Crippen LogP contribution in [-0.4, -0.2) is 143 Å². The normalized spacial score (nSPS) is 15.9. The standard InChI is InChI=1S/C56H67F2N11O6/c1-5-75-44-31-46(52-41(32-59)34-62-69(52)36-44)39-13-18-50(61-33-39)66-22-19-56(20-23-66,63-53(72)47-30-42(57)14-17-48(47)58)37-68(38(2)3)51(71)12-8-6-7-9-21-64-24-26-65(27-25-64)43-15-16-45-40(29-43)35-67(55(45)74)49(11-10-28-70)54(73)60-4/h13-18,28-31,33-34,36,38,49H,5-12,19-27,35,37H2,1-4H3,(H,60,73)(H,63,72). The molecule has 75 heavy (non-hydrogen) atoms. The lowest BCUT2D eigenvalue weighted by Gasteiger charge is -2.46. The number of nitriles is 1. The van der Waals surface area contributed by atoms with Crippen LogP contribution in [0, 0.1) is 23.0 Å². The first-order chi connectivity index (χ1) is 36.2. The SMILES string of the molecule is CCOc1cc(-c2ccc(N3CCC(CN(C(=O)CCCCCCN4CCN(c5ccc6c(c5)CN(C(CCC=O)C(=O)NC)C6=O)CC4)C(C)C)(NC(=O)c4cc(F)ccc4F)CC3)nc2)c2c(C#N)cnn2c1. The van der Waals surface area contributed by atoms with Gasteiger partial charge in [-0.3, -0.25) is 24.1 Å². The highest BCUT2D eigenvalue weighted by Crippen LogP contribution is 2.34. The molecule has 0 spiro atoms. The van der Waals surface area contributed by atoms with Gasteiger partial charge in [-0.05, 0) is 120 Å². The van der Waals surface area contributed by atoms with Crippen LogP contribution in [0.1, 0.15) is 110 Å². The first kappa shape index (κ1) is 53.8. The van der Waals surface area contributed by atoms with Crippen molar-refractivity contribution in [1.29, 1.82) is 5.26 Å². The van der Waals surface area contributed by atoms with Gasteiger partial charge in [0.05, 0.1) is 41.2 Å². The quantitative estimate of drug-likeness (QED) is 0.0548. The lowest BCUT2D eigenvalue weighted by Crippen LogP contribution is -2.62. The number of carbonyl (C=O) groups is 5. The van der Waals surface area contributed by atoms with E-state index in [2.05, 4.69) is 42.6 Å². The second-order valence-electron chi connectivity index (χ2n) is 20.0. The molecule has 2 saturated heterocycles. The minimum atomic E-state index is -0.951. The van der Waals surface area contributed by atoms with E-state index in [1.54, 1.807) is 26.7 Å². The highest BCUT2D eigenvalue weighted by Gasteiger charge is 2.41. The first-order valence-electron chi connectivity index (χ1n) is 26.1. The predicted molar refractivity (Wildman–Crippen MR) is 280 cm³/mol. The summed E-state index contributed by atoms with van der Waals surface area (Å²) in [5.41, 5.74) is 3.75. The number of anilines is 2. The van der Waals surface area contributed by atoms with Crippen LogP contribution in [0.5, 0.6) is 5.75 Å². The van der Waals surface area contributed by atoms with Crippen molar-refractivity contribution < 1.29 is 37.5 Å². The zero-order valence-electron chi connectivity index (χ0n) is 43.3. The van der Waals surface area contributed by atoms with E-state index < -0.39 is 34.7 Å². The Kier molecular flexibility index (Phi) is 17.4. The molecule has 3 aromatic heterocycles. The highest BCUT2D eigenvalue weighted by molar-refractivity contribution is 6.01. The number of rotatable bonds is 22. The Balaban J connectivity index is 0.838. The molecule has 2 aromatic carbocycles. The second-order valence-corrected chi connectivity index (χ2v) is 20.0. The maximum atomic E-state index is 15.0. The van der Waals surface area contributed by atoms with Crippen molar-refractivity contribution in [2.75, 3.05) is 75.8 Å². The van der Waals surface area contributed by atoms with Gasteiger partial charge in [0.2, 0.25) is 11.8 Å². The maximum Gasteiger partial charge on any atom is 0.255 e. The van der Waals surface area contributed by atoms with Gasteiger partial charge < -0.3 is 39.8 Å². The molecular formula is C56H67F2N11O6. The van der Waals surface area contributed by atoms with E-state index in [4.69, 9.17) is 9.72 Å². The van der Waals surface area contributed by atoms with Crippen molar-refractivity contribution >= 4 is 46.9 Å². The van der Waals surface area contributed by atoms with Gasteiger partial charge in [0.25, 0.3) is 11.8 Å². The Morgan fingerprint density at radius 3 is 2.40 bits per heavy atom. The van der Waals surface area contributed by atoms with E-state index in [1.165, 1.54) is 13.2 Å². The van der Waals surface area contributed by atoms with Crippen LogP contribution in [-0.2, 0) is 20.9 Å². The van der Waals surface area contributed by atoms with E-state index in [0.717, 1.165) is 98.8 Å². The van der Waals surface area contributed by atoms with Gasteiger partial charge in [-0.25, -0.2) is 18.3 Å². The third kappa shape index (κ3) is 12.4. The summed E-state index contributed by atoms with van der Waals surface area (Å²) in [4.78, 5) is 79.9. The Morgan fingerprint density at radius 1 is 0.933 bits per heavy atom. The average molecular weight is 1030 g/mol. The van der Waals surface area contributed by atoms with Gasteiger partial charge in [-0.1, -0.05) is 12.8 Å². The number of amides is 4. The van der Waals surface area contributed by atoms with Gasteiger partial charge in [0.1, 0.15) is 41.6 Å². The summed E-state index contributed by atoms with van der Waals surface area (Å²) in [6.45, 7) is 12.1. The smallest absolute Gasteiger partial charge is 0.255 e. The van der Waals surface area contributed by atoms with Crippen molar-refractivity contribution in [3.8, 4) is 22.9 Å². The van der Waals surface area contributed by atoms with Crippen LogP contribution in [0.15, 0.2) is 73.2 Å². The van der Waals surface area contributed by atoms with Gasteiger partial charge in [0.15, 0.2) is 0 Å². The molecule has 396 valence electrons. The number of nitrogens with zero attached hydrogens (tertiary/aromatic N) is 9. The number of halogens is 2. The lowest BCUT2D eigenvalue weighted by molar-refractivity contribution is -0.134. The number of benzene rings is 2. The third-order valence-electron chi connectivity index (χ3n) is 14.8. The van der Waals surface area contributed by atoms with Crippen molar-refractivity contribution in [2.24, 2.45) is 0 Å². The number of fused-ring (bicyclic) bond motifs is 2. The van der Waals surface area contributed by atoms with Crippen molar-refractivity contribution in [2.45, 2.75) is 103 Å². The Hall–Kier alpha value is -7.46. The van der Waals surface area contributed by atoms with Crippen molar-refractivity contribution in [3.05, 3.63) is 107 Å². The Bertz CT molecular complexity index is 2910. The van der Waals surface area contributed by atoms with E-state index in [-0.39, 0.29) is 43.1 Å². The molecule has 3 aliphatic rings. The molecule has 0 saturated carbocycles. The summed E-state index contributed by atoms with van der Waals surface area (Å²) >= 11 is 0. The Labute approximate surface area is 436 Å². The third-order valence-corrected chi connectivity index (χ3v) is 14.8. The van der Waals surface area contributed by atoms with Crippen molar-refractivity contribution in [3.63, 3.8) is 0 Å². The molecular weight excluding hydrogens is 961 g/mol. The molecule has 4 amide bonds. The fourth-order valence-corrected chi connectivity index (χ4v) is 10.7. The minimum Gasteiger partial charge on any atom is -0.492 e. The van der Waals surface area contributed by atoms with Crippen molar-refractivity contribution in [1.82, 2.24) is 39.9 Å². The molecule has 5 aromatic rings. The molecule has 17 nitrogen and oxygen atoms in total. The van der Waals surface area contributed by atoms with Gasteiger partial charge >= 0.3 is 0 Å². The molecule has 2 fully saturated rings. The van der Waals surface area contributed by atoms with Crippen LogP contribution in [0.25, 0.3) is 16.6 Å². The topological polar surface area (TPSA) is 189 Å². The summed E-state index contributed by atoms with van der Waals surface area (Å²) in [5.74, 6) is -1.50. The molecule has 1 unspecified atom stereocenters. The number of piperidine rings is 1. The van der Waals surface area contributed by atoms with E-state index >= 15 is 4.39 Å². The number of hydrogen-bond acceptors (Lipinski definition) is 12. The van der Waals surface area contributed by atoms with Crippen LogP contribution in [0.2, 0.25) is 0 Å². The minimum absolute atomic E-state index is 0.0283. The van der Waals surface area contributed by atoms with E-state index in [1.807, 2.05) is 51.1 Å². The molecule has 2 N–H and O–H groups in total. The highest BCUT2D eigenvalue weighted by atomic mass is 19.1. The molecule has 19 heteroatoms. The van der Waals surface area contributed by atoms with E-state index in [0.29, 0.717) is 80.1 Å². The van der Waals surface area contributed by atoms with Crippen LogP contribution >= 0.6 is 0 Å². The van der Waals surface area contributed by atoms with Crippen LogP contribution in [0.4, 0.5) is 20.3 Å². The zero-order valence-corrected chi connectivity index (χ0v) is 43.3. The van der Waals surface area contributed by atoms with Crippen LogP contribution < -0.4 is 25.2 Å². The molecule has 6 heterocycles. The number of hydrogen-bond donors (Lipinski definition) is 2. The molecule has 0 bridgehead atoms. The molecule has 0 radical (unpaired) electrons. The van der Waals surface area contributed by atoms with Crippen LogP contribution in [0.3, 0.4) is 0 Å². The summed E-state index contributed by atoms with van der Waals surface area (Å²) in [5, 5.41) is 19.9. The number of nitrogens with one attached hydrogen (secondary N) is 2. The largest absolute Gasteiger partial charge is 0.492 e. The molecule has 1 atom stereocenters. The zero-order chi connectivity index (χ0) is 53.2. The fourth-order valence-electron chi connectivity index (χ4n) is 10.7. The van der Waals surface area contributed by atoms with Gasteiger partial charge in [0, 0.05) is 107 Å². The van der Waals surface area contributed by atoms with Gasteiger partial charge in [-0.15, -0.1) is 0 Å². The Morgan fingerprint density at radius 2 is 1.71 bits per heavy atom. The fraction of sp³-hybridized carbons (Fsp3) is 0.464. The molecule has 3 aliphatic heterocycles. The molecule has 8 rings (SSSR count). The number of aromatic nitrogens is 3. The number of piperazine rings is 1. The lowest BCUT2D eigenvalue weighted by atomic mass is 9.85. The number of aldehydes is 1. The van der Waals surface area contributed by atoms with E-state index in [9.17, 15) is 33.6 Å². The average Bonchev–Trinajstić information content (AvgIpc) is 3.99. The number of pyridine rings is 2.